The van der Waals surface area contributed by atoms with Crippen LogP contribution in [0.25, 0.3) is 11.0 Å². The lowest BCUT2D eigenvalue weighted by Gasteiger charge is -2.28. The van der Waals surface area contributed by atoms with Gasteiger partial charge in [0.15, 0.2) is 0 Å². The summed E-state index contributed by atoms with van der Waals surface area (Å²) in [4.78, 5) is 4.47. The molecule has 1 heterocycles. The number of para-hydroxylation sites is 2. The second kappa shape index (κ2) is 5.43. The van der Waals surface area contributed by atoms with Crippen LogP contribution in [0.2, 0.25) is 0 Å². The van der Waals surface area contributed by atoms with Crippen LogP contribution in [0, 0.1) is 0 Å². The largest absolute Gasteiger partial charge is 0.321 e. The summed E-state index contributed by atoms with van der Waals surface area (Å²) in [5.41, 5.74) is 3.35. The van der Waals surface area contributed by atoms with E-state index in [-0.39, 0.29) is 5.54 Å². The molecule has 19 heavy (non-hydrogen) atoms. The van der Waals surface area contributed by atoms with Crippen molar-refractivity contribution in [1.29, 1.82) is 0 Å². The SMILES string of the molecule is C=CC(C)(CCCC(=C)C)n1cnc2ccccc21. The van der Waals surface area contributed by atoms with Crippen LogP contribution in [-0.2, 0) is 5.54 Å². The Morgan fingerprint density at radius 3 is 2.84 bits per heavy atom. The Balaban J connectivity index is 2.29. The van der Waals surface area contributed by atoms with Gasteiger partial charge in [-0.1, -0.05) is 23.8 Å². The van der Waals surface area contributed by atoms with Gasteiger partial charge in [0, 0.05) is 0 Å². The molecule has 1 aromatic carbocycles. The Morgan fingerprint density at radius 1 is 1.42 bits per heavy atom. The second-order valence-electron chi connectivity index (χ2n) is 5.48. The van der Waals surface area contributed by atoms with E-state index in [0.29, 0.717) is 0 Å². The van der Waals surface area contributed by atoms with Crippen molar-refractivity contribution in [1.82, 2.24) is 9.55 Å². The molecule has 0 aliphatic heterocycles. The van der Waals surface area contributed by atoms with Gasteiger partial charge in [0.1, 0.15) is 0 Å². The third-order valence-electron chi connectivity index (χ3n) is 3.73. The van der Waals surface area contributed by atoms with Crippen molar-refractivity contribution in [2.75, 3.05) is 0 Å². The Labute approximate surface area is 115 Å². The Kier molecular flexibility index (Phi) is 3.89. The van der Waals surface area contributed by atoms with Crippen molar-refractivity contribution in [3.05, 3.63) is 55.4 Å². The van der Waals surface area contributed by atoms with Crippen molar-refractivity contribution >= 4 is 11.0 Å². The number of nitrogens with zero attached hydrogens (tertiary/aromatic N) is 2. The summed E-state index contributed by atoms with van der Waals surface area (Å²) < 4.78 is 2.23. The monoisotopic (exact) mass is 254 g/mol. The number of fused-ring (bicyclic) bond motifs is 1. The summed E-state index contributed by atoms with van der Waals surface area (Å²) in [6.07, 6.45) is 7.18. The fourth-order valence-electron chi connectivity index (χ4n) is 2.44. The van der Waals surface area contributed by atoms with E-state index >= 15 is 0 Å². The molecule has 2 heteroatoms. The summed E-state index contributed by atoms with van der Waals surface area (Å²) in [6, 6.07) is 8.23. The number of allylic oxidation sites excluding steroid dienone is 2. The maximum Gasteiger partial charge on any atom is 0.0966 e. The number of benzene rings is 1. The van der Waals surface area contributed by atoms with E-state index in [1.54, 1.807) is 0 Å². The van der Waals surface area contributed by atoms with Crippen molar-refractivity contribution in [3.63, 3.8) is 0 Å². The van der Waals surface area contributed by atoms with Crippen LogP contribution in [0.4, 0.5) is 0 Å². The number of rotatable bonds is 6. The van der Waals surface area contributed by atoms with Gasteiger partial charge in [0.05, 0.1) is 22.9 Å². The summed E-state index contributed by atoms with van der Waals surface area (Å²) in [6.45, 7) is 12.3. The third kappa shape index (κ3) is 2.78. The minimum absolute atomic E-state index is 0.0917. The molecule has 0 aliphatic rings. The van der Waals surface area contributed by atoms with Crippen LogP contribution >= 0.6 is 0 Å². The van der Waals surface area contributed by atoms with Gasteiger partial charge in [-0.05, 0) is 45.2 Å². The highest BCUT2D eigenvalue weighted by molar-refractivity contribution is 5.75. The van der Waals surface area contributed by atoms with Gasteiger partial charge in [-0.25, -0.2) is 4.98 Å². The van der Waals surface area contributed by atoms with Crippen LogP contribution in [0.3, 0.4) is 0 Å². The minimum atomic E-state index is -0.0917. The van der Waals surface area contributed by atoms with Gasteiger partial charge in [-0.2, -0.15) is 0 Å². The van der Waals surface area contributed by atoms with Crippen molar-refractivity contribution in [2.24, 2.45) is 0 Å². The molecule has 0 fully saturated rings. The highest BCUT2D eigenvalue weighted by atomic mass is 15.1. The number of aromatic nitrogens is 2. The standard InChI is InChI=1S/C17H22N2/c1-5-17(4,12-8-9-14(2)3)19-13-18-15-10-6-7-11-16(15)19/h5-7,10-11,13H,1-2,8-9,12H2,3-4H3. The molecule has 0 N–H and O–H groups in total. The fraction of sp³-hybridized carbons (Fsp3) is 0.353. The highest BCUT2D eigenvalue weighted by Crippen LogP contribution is 2.29. The van der Waals surface area contributed by atoms with Crippen LogP contribution in [0.5, 0.6) is 0 Å². The lowest BCUT2D eigenvalue weighted by atomic mass is 9.93. The molecule has 1 unspecified atom stereocenters. The van der Waals surface area contributed by atoms with Crippen molar-refractivity contribution in [3.8, 4) is 0 Å². The van der Waals surface area contributed by atoms with Gasteiger partial charge in [-0.15, -0.1) is 13.2 Å². The number of hydrogen-bond acceptors (Lipinski definition) is 1. The molecular weight excluding hydrogens is 232 g/mol. The number of hydrogen-bond donors (Lipinski definition) is 0. The molecule has 2 aromatic rings. The molecule has 0 saturated carbocycles. The summed E-state index contributed by atoms with van der Waals surface area (Å²) in [5.74, 6) is 0. The van der Waals surface area contributed by atoms with Crippen LogP contribution in [-0.4, -0.2) is 9.55 Å². The molecule has 100 valence electrons. The topological polar surface area (TPSA) is 17.8 Å². The Hall–Kier alpha value is -1.83. The molecule has 0 aliphatic carbocycles. The van der Waals surface area contributed by atoms with Crippen LogP contribution in [0.15, 0.2) is 55.4 Å². The molecule has 0 spiro atoms. The van der Waals surface area contributed by atoms with Gasteiger partial charge in [0.2, 0.25) is 0 Å². The van der Waals surface area contributed by atoms with E-state index in [0.717, 1.165) is 24.8 Å². The van der Waals surface area contributed by atoms with Crippen molar-refractivity contribution in [2.45, 2.75) is 38.6 Å². The molecule has 0 radical (unpaired) electrons. The van der Waals surface area contributed by atoms with Crippen LogP contribution < -0.4 is 0 Å². The smallest absolute Gasteiger partial charge is 0.0966 e. The van der Waals surface area contributed by atoms with Gasteiger partial charge in [-0.3, -0.25) is 0 Å². The zero-order valence-electron chi connectivity index (χ0n) is 11.9. The average Bonchev–Trinajstić information content (AvgIpc) is 2.82. The first-order chi connectivity index (χ1) is 9.07. The Morgan fingerprint density at radius 2 is 2.16 bits per heavy atom. The van der Waals surface area contributed by atoms with E-state index in [1.807, 2.05) is 24.5 Å². The van der Waals surface area contributed by atoms with Gasteiger partial charge >= 0.3 is 0 Å². The van der Waals surface area contributed by atoms with Crippen molar-refractivity contribution < 1.29 is 0 Å². The molecule has 0 bridgehead atoms. The summed E-state index contributed by atoms with van der Waals surface area (Å²) in [7, 11) is 0. The lowest BCUT2D eigenvalue weighted by molar-refractivity contribution is 0.377. The zero-order chi connectivity index (χ0) is 13.9. The molecule has 0 amide bonds. The molecule has 1 aromatic heterocycles. The maximum absolute atomic E-state index is 4.47. The highest BCUT2D eigenvalue weighted by Gasteiger charge is 2.23. The van der Waals surface area contributed by atoms with Gasteiger partial charge < -0.3 is 4.57 Å². The summed E-state index contributed by atoms with van der Waals surface area (Å²) >= 11 is 0. The normalized spacial score (nSPS) is 14.2. The van der Waals surface area contributed by atoms with E-state index in [1.165, 1.54) is 11.1 Å². The third-order valence-corrected chi connectivity index (χ3v) is 3.73. The summed E-state index contributed by atoms with van der Waals surface area (Å²) in [5, 5.41) is 0. The van der Waals surface area contributed by atoms with E-state index in [4.69, 9.17) is 0 Å². The van der Waals surface area contributed by atoms with Gasteiger partial charge in [0.25, 0.3) is 0 Å². The first kappa shape index (κ1) is 13.6. The predicted octanol–water partition coefficient (Wildman–Crippen LogP) is 4.68. The zero-order valence-corrected chi connectivity index (χ0v) is 11.9. The Bertz CT molecular complexity index is 594. The lowest BCUT2D eigenvalue weighted by Crippen LogP contribution is -2.26. The molecule has 0 saturated heterocycles. The molecule has 2 rings (SSSR count). The molecular formula is C17H22N2. The first-order valence-electron chi connectivity index (χ1n) is 6.77. The predicted molar refractivity (Wildman–Crippen MR) is 82.2 cm³/mol. The van der Waals surface area contributed by atoms with E-state index in [9.17, 15) is 0 Å². The first-order valence-corrected chi connectivity index (χ1v) is 6.77. The van der Waals surface area contributed by atoms with E-state index in [2.05, 4.69) is 48.7 Å². The van der Waals surface area contributed by atoms with Crippen LogP contribution in [0.1, 0.15) is 33.1 Å². The second-order valence-corrected chi connectivity index (χ2v) is 5.48. The maximum atomic E-state index is 4.47. The molecule has 1 atom stereocenters. The van der Waals surface area contributed by atoms with E-state index < -0.39 is 0 Å². The quantitative estimate of drug-likeness (QED) is 0.684. The average molecular weight is 254 g/mol. The number of imidazole rings is 1. The fourth-order valence-corrected chi connectivity index (χ4v) is 2.44. The minimum Gasteiger partial charge on any atom is -0.321 e. The molecule has 2 nitrogen and oxygen atoms in total.